The molecule has 7 aromatic rings. The summed E-state index contributed by atoms with van der Waals surface area (Å²) in [5, 5.41) is 3.43. The number of imidazole rings is 1. The Labute approximate surface area is 279 Å². The van der Waals surface area contributed by atoms with Crippen molar-refractivity contribution in [1.29, 1.82) is 0 Å². The molecule has 6 aromatic carbocycles. The molecule has 46 heavy (non-hydrogen) atoms. The van der Waals surface area contributed by atoms with Crippen LogP contribution in [0.3, 0.4) is 0 Å². The first-order valence-corrected chi connectivity index (χ1v) is 19.9. The molecule has 0 radical (unpaired) electrons. The van der Waals surface area contributed by atoms with E-state index in [4.69, 9.17) is 24.0 Å². The van der Waals surface area contributed by atoms with Gasteiger partial charge in [0.1, 0.15) is 5.44 Å². The maximum Gasteiger partial charge on any atom is 0.190 e. The third-order valence-corrected chi connectivity index (χ3v) is 16.6. The number of rotatable bonds is 8. The number of hydrogen-bond acceptors (Lipinski definition) is 3. The average Bonchev–Trinajstić information content (AvgIpc) is 3.46. The van der Waals surface area contributed by atoms with Gasteiger partial charge in [-0.2, -0.15) is 0 Å². The summed E-state index contributed by atoms with van der Waals surface area (Å²) >= 11 is 13.6. The van der Waals surface area contributed by atoms with Crippen molar-refractivity contribution in [3.8, 4) is 11.4 Å². The van der Waals surface area contributed by atoms with Gasteiger partial charge in [-0.05, 0) is 47.1 Å². The maximum absolute atomic E-state index is 16.6. The number of hydrogen-bond donors (Lipinski definition) is 0. The summed E-state index contributed by atoms with van der Waals surface area (Å²) in [7, 11) is -3.64. The first-order valence-electron chi connectivity index (χ1n) is 15.0. The first-order chi connectivity index (χ1) is 22.5. The molecule has 0 aliphatic rings. The van der Waals surface area contributed by atoms with E-state index >= 15 is 4.57 Å². The minimum Gasteiger partial charge on any atom is -0.307 e. The van der Waals surface area contributed by atoms with Crippen LogP contribution in [0.15, 0.2) is 182 Å². The molecule has 0 saturated heterocycles. The SMILES string of the molecule is O=P(c1ccccc1)(c1ccccc1)c1c(P(=S)(c2ccccc2)c2ccccc2)n(-c2ccccc2)c(=S)n1-c1ccccc1. The normalized spacial score (nSPS) is 11.7. The predicted octanol–water partition coefficient (Wildman–Crippen LogP) is 7.39. The van der Waals surface area contributed by atoms with Crippen molar-refractivity contribution < 1.29 is 4.57 Å². The van der Waals surface area contributed by atoms with Crippen molar-refractivity contribution in [1.82, 2.24) is 9.13 Å². The molecule has 0 saturated carbocycles. The molecule has 0 aliphatic carbocycles. The van der Waals surface area contributed by atoms with Crippen LogP contribution in [0.5, 0.6) is 0 Å². The highest BCUT2D eigenvalue weighted by Gasteiger charge is 2.43. The molecule has 0 fully saturated rings. The largest absolute Gasteiger partial charge is 0.307 e. The minimum absolute atomic E-state index is 0.510. The molecule has 0 atom stereocenters. The zero-order chi connectivity index (χ0) is 31.6. The summed E-state index contributed by atoms with van der Waals surface area (Å²) in [5.41, 5.74) is 3.11. The van der Waals surface area contributed by atoms with Crippen LogP contribution < -0.4 is 32.1 Å². The smallest absolute Gasteiger partial charge is 0.190 e. The average molecular weight is 669 g/mol. The van der Waals surface area contributed by atoms with Gasteiger partial charge in [0.15, 0.2) is 11.9 Å². The zero-order valence-corrected chi connectivity index (χ0v) is 28.3. The molecule has 1 aromatic heterocycles. The van der Waals surface area contributed by atoms with Gasteiger partial charge in [-0.1, -0.05) is 170 Å². The maximum atomic E-state index is 16.6. The Morgan fingerprint density at radius 3 is 1.02 bits per heavy atom. The molecule has 0 N–H and O–H groups in total. The molecule has 1 heterocycles. The van der Waals surface area contributed by atoms with Gasteiger partial charge >= 0.3 is 0 Å². The summed E-state index contributed by atoms with van der Waals surface area (Å²) in [4.78, 5) is 0. The molecule has 0 aliphatic heterocycles. The van der Waals surface area contributed by atoms with Crippen molar-refractivity contribution in [2.45, 2.75) is 0 Å². The van der Waals surface area contributed by atoms with Gasteiger partial charge in [-0.25, -0.2) is 0 Å². The van der Waals surface area contributed by atoms with Crippen molar-refractivity contribution in [2.24, 2.45) is 0 Å². The molecule has 224 valence electrons. The highest BCUT2D eigenvalue weighted by molar-refractivity contribution is 8.25. The number of nitrogens with zero attached hydrogens (tertiary/aromatic N) is 2. The Hall–Kier alpha value is -4.37. The fraction of sp³-hybridized carbons (Fsp3) is 0. The van der Waals surface area contributed by atoms with Crippen LogP contribution in [0, 0.1) is 4.77 Å². The Bertz CT molecular complexity index is 2010. The van der Waals surface area contributed by atoms with Gasteiger partial charge in [-0.15, -0.1) is 0 Å². The fourth-order valence-electron chi connectivity index (χ4n) is 6.00. The van der Waals surface area contributed by atoms with E-state index in [0.717, 1.165) is 38.0 Å². The molecular formula is C39H30N2OP2S2. The van der Waals surface area contributed by atoms with Crippen molar-refractivity contribution >= 4 is 69.3 Å². The topological polar surface area (TPSA) is 26.9 Å². The standard InChI is InChI=1S/C39H30N2OP2S2/c42-43(33-23-11-3-12-24-33,34-25-13-4-14-26-34)37-38(44(46,35-27-15-5-16-28-35)36-29-17-6-18-30-36)41(32-21-9-2-10-22-32)39(45)40(37)31-19-7-1-8-20-31/h1-30H. The van der Waals surface area contributed by atoms with E-state index in [-0.39, 0.29) is 0 Å². The zero-order valence-electron chi connectivity index (χ0n) is 24.8. The van der Waals surface area contributed by atoms with Crippen LogP contribution in [0.25, 0.3) is 11.4 Å². The fourth-order valence-corrected chi connectivity index (χ4v) is 14.5. The molecular weight excluding hydrogens is 639 g/mol. The highest BCUT2D eigenvalue weighted by atomic mass is 32.4. The van der Waals surface area contributed by atoms with Crippen LogP contribution in [0.1, 0.15) is 0 Å². The summed E-state index contributed by atoms with van der Waals surface area (Å²) in [6.07, 6.45) is 0. The van der Waals surface area contributed by atoms with Crippen LogP contribution in [-0.2, 0) is 16.4 Å². The lowest BCUT2D eigenvalue weighted by Gasteiger charge is -2.29. The Balaban J connectivity index is 1.78. The molecule has 3 nitrogen and oxygen atoms in total. The predicted molar refractivity (Wildman–Crippen MR) is 201 cm³/mol. The van der Waals surface area contributed by atoms with Gasteiger partial charge in [0.2, 0.25) is 0 Å². The van der Waals surface area contributed by atoms with Crippen molar-refractivity contribution in [3.05, 3.63) is 187 Å². The summed E-state index contributed by atoms with van der Waals surface area (Å²) < 4.78 is 21.3. The minimum atomic E-state index is -3.64. The van der Waals surface area contributed by atoms with Gasteiger partial charge in [0.25, 0.3) is 0 Å². The molecule has 0 unspecified atom stereocenters. The van der Waals surface area contributed by atoms with Crippen LogP contribution in [0.2, 0.25) is 0 Å². The van der Waals surface area contributed by atoms with Gasteiger partial charge in [0.05, 0.1) is 11.5 Å². The Morgan fingerprint density at radius 1 is 0.391 bits per heavy atom. The molecule has 0 amide bonds. The monoisotopic (exact) mass is 668 g/mol. The van der Waals surface area contributed by atoms with Gasteiger partial charge < -0.3 is 4.57 Å². The van der Waals surface area contributed by atoms with Crippen molar-refractivity contribution in [3.63, 3.8) is 0 Å². The van der Waals surface area contributed by atoms with Crippen LogP contribution >= 0.6 is 25.4 Å². The Morgan fingerprint density at radius 2 is 0.674 bits per heavy atom. The third kappa shape index (κ3) is 5.11. The quantitative estimate of drug-likeness (QED) is 0.125. The molecule has 7 heteroatoms. The molecule has 0 spiro atoms. The number of benzene rings is 6. The van der Waals surface area contributed by atoms with Crippen LogP contribution in [-0.4, -0.2) is 9.13 Å². The van der Waals surface area contributed by atoms with E-state index in [0.29, 0.717) is 10.2 Å². The Kier molecular flexibility index (Phi) is 8.42. The second-order valence-electron chi connectivity index (χ2n) is 10.8. The lowest BCUT2D eigenvalue weighted by Crippen LogP contribution is -2.42. The first kappa shape index (κ1) is 30.3. The summed E-state index contributed by atoms with van der Waals surface area (Å²) in [6, 6.07) is 57.2. The van der Waals surface area contributed by atoms with Gasteiger partial charge in [0, 0.05) is 22.0 Å². The number of para-hydroxylation sites is 2. The number of aromatic nitrogens is 2. The van der Waals surface area contributed by atoms with E-state index in [1.807, 2.05) is 162 Å². The van der Waals surface area contributed by atoms with E-state index in [1.165, 1.54) is 0 Å². The lowest BCUT2D eigenvalue weighted by molar-refractivity contribution is 0.591. The van der Waals surface area contributed by atoms with Crippen molar-refractivity contribution in [2.75, 3.05) is 0 Å². The van der Waals surface area contributed by atoms with Gasteiger partial charge in [-0.3, -0.25) is 9.13 Å². The van der Waals surface area contributed by atoms with E-state index in [1.54, 1.807) is 0 Å². The molecule has 0 bridgehead atoms. The lowest BCUT2D eigenvalue weighted by atomic mass is 10.3. The van der Waals surface area contributed by atoms with Crippen LogP contribution in [0.4, 0.5) is 0 Å². The van der Waals surface area contributed by atoms with E-state index in [9.17, 15) is 0 Å². The van der Waals surface area contributed by atoms with E-state index < -0.39 is 13.2 Å². The molecule has 7 rings (SSSR count). The summed E-state index contributed by atoms with van der Waals surface area (Å²) in [5.74, 6) is 0. The van der Waals surface area contributed by atoms with E-state index in [2.05, 4.69) is 28.8 Å². The second kappa shape index (κ2) is 12.8. The summed E-state index contributed by atoms with van der Waals surface area (Å²) in [6.45, 7) is 0. The second-order valence-corrected chi connectivity index (χ2v) is 18.2. The highest BCUT2D eigenvalue weighted by Crippen LogP contribution is 2.50. The third-order valence-electron chi connectivity index (χ3n) is 8.11.